The maximum atomic E-state index is 4.74. The first kappa shape index (κ1) is 9.40. The van der Waals surface area contributed by atoms with Crippen LogP contribution >= 0.6 is 0 Å². The molecule has 2 aliphatic heterocycles. The van der Waals surface area contributed by atoms with Crippen LogP contribution in [0, 0.1) is 0 Å². The highest BCUT2D eigenvalue weighted by Crippen LogP contribution is 2.27. The van der Waals surface area contributed by atoms with E-state index in [0.29, 0.717) is 0 Å². The van der Waals surface area contributed by atoms with Crippen molar-refractivity contribution in [3.8, 4) is 0 Å². The molecule has 1 aromatic rings. The molecular weight excluding hydrogens is 196 g/mol. The first-order chi connectivity index (χ1) is 7.84. The summed E-state index contributed by atoms with van der Waals surface area (Å²) in [4.78, 5) is 6.94. The molecule has 0 amide bonds. The van der Waals surface area contributed by atoms with Crippen LogP contribution in [0.3, 0.4) is 0 Å². The lowest BCUT2D eigenvalue weighted by atomic mass is 10.0. The van der Waals surface area contributed by atoms with Crippen molar-refractivity contribution in [2.24, 2.45) is 4.99 Å². The van der Waals surface area contributed by atoms with Crippen LogP contribution in [-0.2, 0) is 6.54 Å². The molecule has 2 heteroatoms. The van der Waals surface area contributed by atoms with E-state index in [1.54, 1.807) is 0 Å². The zero-order chi connectivity index (χ0) is 11.0. The predicted octanol–water partition coefficient (Wildman–Crippen LogP) is 3.05. The molecule has 0 N–H and O–H groups in total. The van der Waals surface area contributed by atoms with Gasteiger partial charge in [0.05, 0.1) is 6.04 Å². The fraction of sp³-hybridized carbons (Fsp3) is 0.214. The van der Waals surface area contributed by atoms with Gasteiger partial charge in [0, 0.05) is 12.7 Å². The van der Waals surface area contributed by atoms with E-state index in [1.165, 1.54) is 11.1 Å². The highest BCUT2D eigenvalue weighted by molar-refractivity contribution is 5.95. The Hall–Kier alpha value is -1.83. The third kappa shape index (κ3) is 1.47. The summed E-state index contributed by atoms with van der Waals surface area (Å²) in [6, 6.07) is 8.80. The summed E-state index contributed by atoms with van der Waals surface area (Å²) in [5, 5.41) is 0. The molecule has 2 nitrogen and oxygen atoms in total. The molecule has 1 atom stereocenters. The molecule has 0 aromatic heterocycles. The number of fused-ring (bicyclic) bond motifs is 2. The Labute approximate surface area is 95.6 Å². The number of aliphatic imine (C=N–C) groups is 1. The van der Waals surface area contributed by atoms with E-state index < -0.39 is 0 Å². The molecule has 0 fully saturated rings. The van der Waals surface area contributed by atoms with E-state index in [1.807, 2.05) is 6.08 Å². The van der Waals surface area contributed by atoms with E-state index in [4.69, 9.17) is 4.99 Å². The molecule has 3 rings (SSSR count). The quantitative estimate of drug-likeness (QED) is 0.642. The lowest BCUT2D eigenvalue weighted by Gasteiger charge is -2.20. The molecule has 0 spiro atoms. The Balaban J connectivity index is 2.10. The maximum Gasteiger partial charge on any atom is 0.128 e. The summed E-state index contributed by atoms with van der Waals surface area (Å²) in [5.41, 5.74) is 2.71. The number of amidine groups is 1. The fourth-order valence-electron chi connectivity index (χ4n) is 2.26. The van der Waals surface area contributed by atoms with Crippen LogP contribution < -0.4 is 0 Å². The molecule has 0 radical (unpaired) electrons. The smallest absolute Gasteiger partial charge is 0.128 e. The van der Waals surface area contributed by atoms with Crippen LogP contribution in [0.2, 0.25) is 0 Å². The van der Waals surface area contributed by atoms with Gasteiger partial charge >= 0.3 is 0 Å². The monoisotopic (exact) mass is 210 g/mol. The van der Waals surface area contributed by atoms with Crippen LogP contribution in [0.15, 0.2) is 53.7 Å². The normalized spacial score (nSPS) is 22.2. The second-order valence-corrected chi connectivity index (χ2v) is 4.19. The largest absolute Gasteiger partial charge is 0.329 e. The lowest BCUT2D eigenvalue weighted by Crippen LogP contribution is -2.24. The van der Waals surface area contributed by atoms with Gasteiger partial charge in [-0.25, -0.2) is 0 Å². The van der Waals surface area contributed by atoms with Crippen LogP contribution in [-0.4, -0.2) is 10.7 Å². The summed E-state index contributed by atoms with van der Waals surface area (Å²) < 4.78 is 0. The Bertz CT molecular complexity index is 497. The van der Waals surface area contributed by atoms with Gasteiger partial charge in [0.1, 0.15) is 5.84 Å². The van der Waals surface area contributed by atoms with Gasteiger partial charge in [-0.15, -0.1) is 0 Å². The molecule has 0 saturated heterocycles. The van der Waals surface area contributed by atoms with Gasteiger partial charge in [-0.05, 0) is 30.2 Å². The van der Waals surface area contributed by atoms with Gasteiger partial charge in [-0.3, -0.25) is 4.99 Å². The second-order valence-electron chi connectivity index (χ2n) is 4.19. The van der Waals surface area contributed by atoms with Gasteiger partial charge in [-0.1, -0.05) is 30.3 Å². The van der Waals surface area contributed by atoms with Crippen LogP contribution in [0.25, 0.3) is 0 Å². The summed E-state index contributed by atoms with van der Waals surface area (Å²) >= 11 is 0. The number of hydrogen-bond acceptors (Lipinski definition) is 2. The Morgan fingerprint density at radius 2 is 2.12 bits per heavy atom. The minimum Gasteiger partial charge on any atom is -0.329 e. The Morgan fingerprint density at radius 3 is 3.06 bits per heavy atom. The third-order valence-corrected chi connectivity index (χ3v) is 3.09. The van der Waals surface area contributed by atoms with Crippen LogP contribution in [0.4, 0.5) is 0 Å². The van der Waals surface area contributed by atoms with Gasteiger partial charge in [-0.2, -0.15) is 0 Å². The van der Waals surface area contributed by atoms with Gasteiger partial charge in [0.25, 0.3) is 0 Å². The third-order valence-electron chi connectivity index (χ3n) is 3.09. The van der Waals surface area contributed by atoms with Crippen molar-refractivity contribution in [2.75, 3.05) is 0 Å². The van der Waals surface area contributed by atoms with Crippen molar-refractivity contribution in [2.45, 2.75) is 19.5 Å². The zero-order valence-electron chi connectivity index (χ0n) is 9.30. The van der Waals surface area contributed by atoms with Gasteiger partial charge in [0.15, 0.2) is 0 Å². The first-order valence-corrected chi connectivity index (χ1v) is 5.62. The van der Waals surface area contributed by atoms with Crippen molar-refractivity contribution >= 4 is 5.84 Å². The molecule has 0 saturated carbocycles. The summed E-state index contributed by atoms with van der Waals surface area (Å²) in [6.07, 6.45) is 8.26. The SMILES string of the molecule is CC1N=C2C=CC=CN2Cc2ccccc21. The minimum atomic E-state index is 0.243. The maximum absolute atomic E-state index is 4.74. The van der Waals surface area contributed by atoms with Crippen LogP contribution in [0.1, 0.15) is 24.1 Å². The number of hydrogen-bond donors (Lipinski definition) is 0. The van der Waals surface area contributed by atoms with Crippen molar-refractivity contribution in [3.05, 3.63) is 59.8 Å². The molecule has 1 unspecified atom stereocenters. The number of benzene rings is 1. The highest BCUT2D eigenvalue weighted by Gasteiger charge is 2.19. The van der Waals surface area contributed by atoms with E-state index in [9.17, 15) is 0 Å². The lowest BCUT2D eigenvalue weighted by molar-refractivity contribution is 0.555. The average molecular weight is 210 g/mol. The zero-order valence-corrected chi connectivity index (χ0v) is 9.30. The number of allylic oxidation sites excluding steroid dienone is 2. The van der Waals surface area contributed by atoms with Crippen molar-refractivity contribution in [1.29, 1.82) is 0 Å². The molecule has 80 valence electrons. The summed E-state index contributed by atoms with van der Waals surface area (Å²) in [6.45, 7) is 3.07. The minimum absolute atomic E-state index is 0.243. The van der Waals surface area contributed by atoms with Crippen LogP contribution in [0.5, 0.6) is 0 Å². The van der Waals surface area contributed by atoms with Gasteiger partial charge in [0.2, 0.25) is 0 Å². The molecular formula is C14H14N2. The van der Waals surface area contributed by atoms with Crippen molar-refractivity contribution in [1.82, 2.24) is 4.90 Å². The topological polar surface area (TPSA) is 15.6 Å². The Kier molecular flexibility index (Phi) is 2.13. The van der Waals surface area contributed by atoms with E-state index in [2.05, 4.69) is 54.4 Å². The highest BCUT2D eigenvalue weighted by atomic mass is 15.2. The Morgan fingerprint density at radius 1 is 1.25 bits per heavy atom. The number of rotatable bonds is 0. The van der Waals surface area contributed by atoms with E-state index >= 15 is 0 Å². The molecule has 16 heavy (non-hydrogen) atoms. The molecule has 2 heterocycles. The molecule has 2 aliphatic rings. The molecule has 0 aliphatic carbocycles. The summed E-state index contributed by atoms with van der Waals surface area (Å²) in [7, 11) is 0. The first-order valence-electron chi connectivity index (χ1n) is 5.62. The molecule has 1 aromatic carbocycles. The average Bonchev–Trinajstić information content (AvgIpc) is 2.45. The number of nitrogens with zero attached hydrogens (tertiary/aromatic N) is 2. The predicted molar refractivity (Wildman–Crippen MR) is 66.1 cm³/mol. The van der Waals surface area contributed by atoms with Gasteiger partial charge < -0.3 is 4.90 Å². The standard InChI is InChI=1S/C14H14N2/c1-11-13-7-3-2-6-12(13)10-16-9-5-4-8-14(16)15-11/h2-9,11H,10H2,1H3. The summed E-state index contributed by atoms with van der Waals surface area (Å²) in [5.74, 6) is 1.06. The fourth-order valence-corrected chi connectivity index (χ4v) is 2.26. The van der Waals surface area contributed by atoms with E-state index in [0.717, 1.165) is 12.4 Å². The van der Waals surface area contributed by atoms with E-state index in [-0.39, 0.29) is 6.04 Å². The van der Waals surface area contributed by atoms with Crippen molar-refractivity contribution in [3.63, 3.8) is 0 Å². The molecule has 0 bridgehead atoms. The van der Waals surface area contributed by atoms with Crippen molar-refractivity contribution < 1.29 is 0 Å². The second kappa shape index (κ2) is 3.63.